The van der Waals surface area contributed by atoms with Crippen LogP contribution in [0.2, 0.25) is 0 Å². The first kappa shape index (κ1) is 16.5. The van der Waals surface area contributed by atoms with Crippen LogP contribution < -0.4 is 0 Å². The third-order valence-electron chi connectivity index (χ3n) is 5.86. The van der Waals surface area contributed by atoms with E-state index in [1.165, 1.54) is 63.1 Å². The van der Waals surface area contributed by atoms with Gasteiger partial charge in [0.2, 0.25) is 0 Å². The second-order valence-electron chi connectivity index (χ2n) is 7.71. The monoisotopic (exact) mass is 333 g/mol. The Morgan fingerprint density at radius 2 is 1.92 bits per heavy atom. The average molecular weight is 333 g/mol. The van der Waals surface area contributed by atoms with Gasteiger partial charge >= 0.3 is 0 Å². The molecule has 6 nitrogen and oxygen atoms in total. The van der Waals surface area contributed by atoms with Gasteiger partial charge in [-0.15, -0.1) is 5.10 Å². The van der Waals surface area contributed by atoms with E-state index in [2.05, 4.69) is 24.8 Å². The van der Waals surface area contributed by atoms with Crippen LogP contribution in [0.5, 0.6) is 0 Å². The first-order chi connectivity index (χ1) is 11.8. The molecule has 0 unspecified atom stereocenters. The van der Waals surface area contributed by atoms with E-state index >= 15 is 0 Å². The maximum absolute atomic E-state index is 5.53. The van der Waals surface area contributed by atoms with E-state index in [4.69, 9.17) is 4.74 Å². The second-order valence-corrected chi connectivity index (χ2v) is 7.71. The molecule has 3 heterocycles. The smallest absolute Gasteiger partial charge is 0.105 e. The summed E-state index contributed by atoms with van der Waals surface area (Å²) < 4.78 is 7.71. The molecule has 1 saturated heterocycles. The van der Waals surface area contributed by atoms with Gasteiger partial charge in [-0.3, -0.25) is 4.90 Å². The van der Waals surface area contributed by atoms with Crippen LogP contribution in [-0.2, 0) is 17.7 Å². The summed E-state index contributed by atoms with van der Waals surface area (Å²) in [6.07, 6.45) is 7.92. The topological polar surface area (TPSA) is 46.4 Å². The van der Waals surface area contributed by atoms with Crippen molar-refractivity contribution >= 4 is 0 Å². The van der Waals surface area contributed by atoms with E-state index in [0.29, 0.717) is 0 Å². The van der Waals surface area contributed by atoms with Crippen LogP contribution in [0, 0.1) is 5.92 Å². The number of methoxy groups -OCH3 is 1. The quantitative estimate of drug-likeness (QED) is 0.760. The molecule has 6 heteroatoms. The van der Waals surface area contributed by atoms with Crippen molar-refractivity contribution in [2.45, 2.75) is 51.1 Å². The van der Waals surface area contributed by atoms with E-state index in [0.717, 1.165) is 38.6 Å². The lowest BCUT2D eigenvalue weighted by atomic mass is 10.0. The Morgan fingerprint density at radius 3 is 2.67 bits per heavy atom. The van der Waals surface area contributed by atoms with Crippen LogP contribution in [0.4, 0.5) is 0 Å². The highest BCUT2D eigenvalue weighted by molar-refractivity contribution is 5.19. The number of rotatable bonds is 7. The Bertz CT molecular complexity index is 536. The zero-order valence-corrected chi connectivity index (χ0v) is 15.0. The number of fused-ring (bicyclic) bond motifs is 1. The largest absolute Gasteiger partial charge is 0.383 e. The summed E-state index contributed by atoms with van der Waals surface area (Å²) in [6.45, 7) is 7.71. The Balaban J connectivity index is 1.42. The zero-order valence-electron chi connectivity index (χ0n) is 15.0. The van der Waals surface area contributed by atoms with Gasteiger partial charge in [0.05, 0.1) is 18.3 Å². The standard InChI is InChI=1S/C18H31N5O/c1-24-14-17-18-16(23(20-19-18)13-15-5-6-15)7-10-22(17)12-11-21-8-3-2-4-9-21/h15,17H,2-14H2,1H3/t17-/m0/s1. The lowest BCUT2D eigenvalue weighted by molar-refractivity contribution is 0.0694. The summed E-state index contributed by atoms with van der Waals surface area (Å²) in [4.78, 5) is 5.18. The van der Waals surface area contributed by atoms with E-state index in [1.54, 1.807) is 7.11 Å². The molecule has 0 bridgehead atoms. The van der Waals surface area contributed by atoms with Crippen molar-refractivity contribution in [3.63, 3.8) is 0 Å². The summed E-state index contributed by atoms with van der Waals surface area (Å²) >= 11 is 0. The van der Waals surface area contributed by atoms with Crippen molar-refractivity contribution in [2.24, 2.45) is 5.92 Å². The Labute approximate surface area is 145 Å². The first-order valence-electron chi connectivity index (χ1n) is 9.72. The summed E-state index contributed by atoms with van der Waals surface area (Å²) in [5.41, 5.74) is 2.53. The van der Waals surface area contributed by atoms with Crippen LogP contribution in [0.3, 0.4) is 0 Å². The minimum Gasteiger partial charge on any atom is -0.383 e. The number of nitrogens with zero attached hydrogens (tertiary/aromatic N) is 5. The van der Waals surface area contributed by atoms with Gasteiger partial charge < -0.3 is 9.64 Å². The van der Waals surface area contributed by atoms with Crippen molar-refractivity contribution in [2.75, 3.05) is 46.4 Å². The highest BCUT2D eigenvalue weighted by atomic mass is 16.5. The lowest BCUT2D eigenvalue weighted by Gasteiger charge is -2.36. The van der Waals surface area contributed by atoms with E-state index in [1.807, 2.05) is 0 Å². The van der Waals surface area contributed by atoms with Gasteiger partial charge in [0.15, 0.2) is 0 Å². The van der Waals surface area contributed by atoms with Gasteiger partial charge in [0, 0.05) is 39.7 Å². The molecule has 1 aromatic heterocycles. The fourth-order valence-corrected chi connectivity index (χ4v) is 4.19. The fourth-order valence-electron chi connectivity index (χ4n) is 4.19. The summed E-state index contributed by atoms with van der Waals surface area (Å²) in [5, 5.41) is 9.03. The number of aromatic nitrogens is 3. The number of piperidine rings is 1. The van der Waals surface area contributed by atoms with E-state index in [-0.39, 0.29) is 6.04 Å². The molecule has 134 valence electrons. The number of hydrogen-bond acceptors (Lipinski definition) is 5. The fraction of sp³-hybridized carbons (Fsp3) is 0.889. The molecule has 2 fully saturated rings. The SMILES string of the molecule is COC[C@H]1c2nnn(CC3CC3)c2CCN1CCN1CCCCC1. The third kappa shape index (κ3) is 3.65. The third-order valence-corrected chi connectivity index (χ3v) is 5.86. The van der Waals surface area contributed by atoms with Crippen molar-refractivity contribution in [1.82, 2.24) is 24.8 Å². The maximum Gasteiger partial charge on any atom is 0.105 e. The highest BCUT2D eigenvalue weighted by Crippen LogP contribution is 2.33. The molecule has 0 amide bonds. The molecule has 3 aliphatic rings. The zero-order chi connectivity index (χ0) is 16.4. The summed E-state index contributed by atoms with van der Waals surface area (Å²) in [7, 11) is 1.80. The Hall–Kier alpha value is -0.980. The van der Waals surface area contributed by atoms with Gasteiger partial charge in [0.25, 0.3) is 0 Å². The molecule has 24 heavy (non-hydrogen) atoms. The molecule has 1 atom stereocenters. The average Bonchev–Trinajstić information content (AvgIpc) is 3.34. The molecule has 0 N–H and O–H groups in total. The lowest BCUT2D eigenvalue weighted by Crippen LogP contribution is -2.43. The minimum absolute atomic E-state index is 0.275. The number of ether oxygens (including phenoxy) is 1. The molecule has 0 aromatic carbocycles. The predicted molar refractivity (Wildman–Crippen MR) is 92.9 cm³/mol. The maximum atomic E-state index is 5.53. The van der Waals surface area contributed by atoms with Crippen molar-refractivity contribution in [3.05, 3.63) is 11.4 Å². The van der Waals surface area contributed by atoms with Crippen molar-refractivity contribution in [1.29, 1.82) is 0 Å². The van der Waals surface area contributed by atoms with Gasteiger partial charge in [-0.05, 0) is 44.7 Å². The molecular formula is C18H31N5O. The first-order valence-corrected chi connectivity index (χ1v) is 9.72. The summed E-state index contributed by atoms with van der Waals surface area (Å²) in [6, 6.07) is 0.275. The Kier molecular flexibility index (Phi) is 5.15. The molecule has 0 spiro atoms. The van der Waals surface area contributed by atoms with Crippen molar-refractivity contribution in [3.8, 4) is 0 Å². The molecule has 0 radical (unpaired) electrons. The van der Waals surface area contributed by atoms with Gasteiger partial charge in [-0.25, -0.2) is 4.68 Å². The number of likely N-dealkylation sites (tertiary alicyclic amines) is 1. The van der Waals surface area contributed by atoms with Crippen LogP contribution in [0.1, 0.15) is 49.5 Å². The molecule has 1 aliphatic carbocycles. The minimum atomic E-state index is 0.275. The van der Waals surface area contributed by atoms with Crippen LogP contribution in [0.15, 0.2) is 0 Å². The molecular weight excluding hydrogens is 302 g/mol. The van der Waals surface area contributed by atoms with Gasteiger partial charge in [0.1, 0.15) is 5.69 Å². The van der Waals surface area contributed by atoms with Crippen LogP contribution in [-0.4, -0.2) is 71.2 Å². The van der Waals surface area contributed by atoms with E-state index in [9.17, 15) is 0 Å². The molecule has 2 aliphatic heterocycles. The molecule has 4 rings (SSSR count). The summed E-state index contributed by atoms with van der Waals surface area (Å²) in [5.74, 6) is 0.841. The normalized spacial score (nSPS) is 25.8. The second kappa shape index (κ2) is 7.50. The predicted octanol–water partition coefficient (Wildman–Crippen LogP) is 1.72. The van der Waals surface area contributed by atoms with E-state index < -0.39 is 0 Å². The molecule has 1 aromatic rings. The molecule has 1 saturated carbocycles. The van der Waals surface area contributed by atoms with Crippen LogP contribution in [0.25, 0.3) is 0 Å². The Morgan fingerprint density at radius 1 is 1.08 bits per heavy atom. The van der Waals surface area contributed by atoms with Gasteiger partial charge in [-0.1, -0.05) is 11.6 Å². The van der Waals surface area contributed by atoms with Gasteiger partial charge in [-0.2, -0.15) is 0 Å². The van der Waals surface area contributed by atoms with Crippen molar-refractivity contribution < 1.29 is 4.74 Å². The number of hydrogen-bond donors (Lipinski definition) is 0. The van der Waals surface area contributed by atoms with Crippen LogP contribution >= 0.6 is 0 Å². The highest BCUT2D eigenvalue weighted by Gasteiger charge is 2.33.